The second-order valence-electron chi connectivity index (χ2n) is 4.87. The molecule has 1 aromatic heterocycles. The van der Waals surface area contributed by atoms with Crippen molar-refractivity contribution in [3.05, 3.63) is 51.5 Å². The minimum Gasteiger partial charge on any atom is -0.298 e. The quantitative estimate of drug-likeness (QED) is 0.865. The summed E-state index contributed by atoms with van der Waals surface area (Å²) in [5, 5.41) is 10.5. The number of rotatable bonds is 4. The number of carbonyl (C=O) groups excluding carboxylic acids is 1. The van der Waals surface area contributed by atoms with Crippen LogP contribution in [0.3, 0.4) is 0 Å². The Morgan fingerprint density at radius 1 is 1.35 bits per heavy atom. The Morgan fingerprint density at radius 3 is 2.45 bits per heavy atom. The number of hydrogen-bond donors (Lipinski definition) is 0. The molecule has 1 unspecified atom stereocenters. The molecule has 0 aliphatic heterocycles. The van der Waals surface area contributed by atoms with Crippen LogP contribution in [0.5, 0.6) is 0 Å². The molecule has 1 heterocycles. The van der Waals surface area contributed by atoms with Gasteiger partial charge in [-0.15, -0.1) is 11.3 Å². The third-order valence-corrected chi connectivity index (χ3v) is 4.62. The van der Waals surface area contributed by atoms with Gasteiger partial charge in [0.15, 0.2) is 5.78 Å². The van der Waals surface area contributed by atoms with Crippen molar-refractivity contribution < 1.29 is 4.79 Å². The van der Waals surface area contributed by atoms with E-state index in [1.54, 1.807) is 11.3 Å². The first-order valence-electron chi connectivity index (χ1n) is 6.40. The first kappa shape index (κ1) is 14.4. The summed E-state index contributed by atoms with van der Waals surface area (Å²) in [7, 11) is 0. The molecule has 0 N–H and O–H groups in total. The Balaban J connectivity index is 2.49. The number of Topliss-reactive ketones (excluding diaryl/α,β-unsaturated/α-hetero) is 1. The predicted molar refractivity (Wildman–Crippen MR) is 79.7 cm³/mol. The Morgan fingerprint density at radius 2 is 2.00 bits per heavy atom. The van der Waals surface area contributed by atoms with E-state index in [1.807, 2.05) is 44.2 Å². The average Bonchev–Trinajstić information content (AvgIpc) is 2.75. The zero-order valence-electron chi connectivity index (χ0n) is 11.8. The lowest BCUT2D eigenvalue weighted by molar-refractivity contribution is -0.120. The number of aryl methyl sites for hydroxylation is 2. The molecule has 0 aliphatic rings. The summed E-state index contributed by atoms with van der Waals surface area (Å²) >= 11 is 1.55. The molecule has 0 spiro atoms. The number of hydrogen-bond acceptors (Lipinski definition) is 4. The number of ketones is 1. The fourth-order valence-electron chi connectivity index (χ4n) is 2.18. The standard InChI is InChI=1S/C16H16N2OS/c1-11-12(2)20-15(18-11)9-16(10-17,13(3)19)14-7-5-4-6-8-14/h4-8H,9H2,1-3H3. The summed E-state index contributed by atoms with van der Waals surface area (Å²) in [4.78, 5) is 17.7. The van der Waals surface area contributed by atoms with E-state index in [0.29, 0.717) is 6.42 Å². The second kappa shape index (κ2) is 5.56. The van der Waals surface area contributed by atoms with Crippen LogP contribution in [0.1, 0.15) is 28.1 Å². The maximum atomic E-state index is 12.1. The maximum Gasteiger partial charge on any atom is 0.154 e. The van der Waals surface area contributed by atoms with Gasteiger partial charge < -0.3 is 0 Å². The molecular weight excluding hydrogens is 268 g/mol. The van der Waals surface area contributed by atoms with Gasteiger partial charge in [0.2, 0.25) is 0 Å². The van der Waals surface area contributed by atoms with Gasteiger partial charge in [0.25, 0.3) is 0 Å². The van der Waals surface area contributed by atoms with Crippen molar-refractivity contribution in [1.82, 2.24) is 4.98 Å². The minimum absolute atomic E-state index is 0.142. The number of benzene rings is 1. The Labute approximate surface area is 122 Å². The molecule has 0 amide bonds. The van der Waals surface area contributed by atoms with Crippen molar-refractivity contribution in [2.75, 3.05) is 0 Å². The van der Waals surface area contributed by atoms with Crippen molar-refractivity contribution in [2.45, 2.75) is 32.6 Å². The number of carbonyl (C=O) groups is 1. The highest BCUT2D eigenvalue weighted by Gasteiger charge is 2.38. The van der Waals surface area contributed by atoms with E-state index in [4.69, 9.17) is 0 Å². The normalized spacial score (nSPS) is 13.5. The largest absolute Gasteiger partial charge is 0.298 e. The van der Waals surface area contributed by atoms with Crippen molar-refractivity contribution in [3.63, 3.8) is 0 Å². The summed E-state index contributed by atoms with van der Waals surface area (Å²) in [6, 6.07) is 11.5. The molecule has 0 radical (unpaired) electrons. The highest BCUT2D eigenvalue weighted by molar-refractivity contribution is 7.11. The Hall–Kier alpha value is -1.99. The molecule has 1 atom stereocenters. The van der Waals surface area contributed by atoms with E-state index in [1.165, 1.54) is 6.92 Å². The molecule has 102 valence electrons. The minimum atomic E-state index is -1.14. The van der Waals surface area contributed by atoms with E-state index in [9.17, 15) is 10.1 Å². The molecule has 2 rings (SSSR count). The van der Waals surface area contributed by atoms with E-state index in [-0.39, 0.29) is 5.78 Å². The Bertz CT molecular complexity index is 650. The highest BCUT2D eigenvalue weighted by atomic mass is 32.1. The zero-order valence-corrected chi connectivity index (χ0v) is 12.6. The number of nitriles is 1. The van der Waals surface area contributed by atoms with Gasteiger partial charge in [-0.1, -0.05) is 30.3 Å². The number of thiazole rings is 1. The molecule has 0 saturated heterocycles. The summed E-state index contributed by atoms with van der Waals surface area (Å²) in [5.41, 5.74) is 0.562. The van der Waals surface area contributed by atoms with E-state index < -0.39 is 5.41 Å². The van der Waals surface area contributed by atoms with E-state index in [0.717, 1.165) is 21.1 Å². The van der Waals surface area contributed by atoms with Crippen molar-refractivity contribution >= 4 is 17.1 Å². The van der Waals surface area contributed by atoms with Crippen LogP contribution < -0.4 is 0 Å². The van der Waals surface area contributed by atoms with E-state index in [2.05, 4.69) is 11.1 Å². The van der Waals surface area contributed by atoms with E-state index >= 15 is 0 Å². The fourth-order valence-corrected chi connectivity index (χ4v) is 3.19. The molecule has 0 fully saturated rings. The first-order chi connectivity index (χ1) is 9.49. The summed E-state index contributed by atoms with van der Waals surface area (Å²) in [6.07, 6.45) is 0.336. The third-order valence-electron chi connectivity index (χ3n) is 3.55. The lowest BCUT2D eigenvalue weighted by Gasteiger charge is -2.23. The molecule has 4 heteroatoms. The van der Waals surface area contributed by atoms with Crippen LogP contribution >= 0.6 is 11.3 Å². The molecule has 1 aromatic carbocycles. The summed E-state index contributed by atoms with van der Waals surface area (Å²) in [5.74, 6) is -0.142. The van der Waals surface area contributed by atoms with Gasteiger partial charge in [-0.25, -0.2) is 4.98 Å². The van der Waals surface area contributed by atoms with Crippen LogP contribution in [0.2, 0.25) is 0 Å². The van der Waals surface area contributed by atoms with Gasteiger partial charge in [-0.2, -0.15) is 5.26 Å². The van der Waals surface area contributed by atoms with Gasteiger partial charge >= 0.3 is 0 Å². The number of nitrogens with zero attached hydrogens (tertiary/aromatic N) is 2. The average molecular weight is 284 g/mol. The van der Waals surface area contributed by atoms with Crippen molar-refractivity contribution in [3.8, 4) is 6.07 Å². The topological polar surface area (TPSA) is 53.8 Å². The van der Waals surface area contributed by atoms with Crippen molar-refractivity contribution in [2.24, 2.45) is 0 Å². The zero-order chi connectivity index (χ0) is 14.8. The van der Waals surface area contributed by atoms with Crippen molar-refractivity contribution in [1.29, 1.82) is 5.26 Å². The first-order valence-corrected chi connectivity index (χ1v) is 7.22. The van der Waals surface area contributed by atoms with Crippen LogP contribution in [0.25, 0.3) is 0 Å². The molecule has 0 saturated carbocycles. The smallest absolute Gasteiger partial charge is 0.154 e. The van der Waals surface area contributed by atoms with Crippen LogP contribution in [-0.2, 0) is 16.6 Å². The van der Waals surface area contributed by atoms with Gasteiger partial charge in [0, 0.05) is 11.3 Å². The van der Waals surface area contributed by atoms with Gasteiger partial charge in [0.05, 0.1) is 16.8 Å². The van der Waals surface area contributed by atoms with Crippen LogP contribution in [0, 0.1) is 25.2 Å². The summed E-state index contributed by atoms with van der Waals surface area (Å²) < 4.78 is 0. The molecule has 0 aliphatic carbocycles. The fraction of sp³-hybridized carbons (Fsp3) is 0.312. The predicted octanol–water partition coefficient (Wildman–Crippen LogP) is 3.35. The Kier molecular flexibility index (Phi) is 4.01. The van der Waals surface area contributed by atoms with Crippen LogP contribution in [0.15, 0.2) is 30.3 Å². The van der Waals surface area contributed by atoms with Gasteiger partial charge in [-0.05, 0) is 26.3 Å². The SMILES string of the molecule is CC(=O)C(C#N)(Cc1nc(C)c(C)s1)c1ccccc1. The summed E-state index contributed by atoms with van der Waals surface area (Å²) in [6.45, 7) is 5.42. The van der Waals surface area contributed by atoms with Crippen LogP contribution in [0.4, 0.5) is 0 Å². The monoisotopic (exact) mass is 284 g/mol. The lowest BCUT2D eigenvalue weighted by Crippen LogP contribution is -2.35. The van der Waals surface area contributed by atoms with Gasteiger partial charge in [-0.3, -0.25) is 4.79 Å². The lowest BCUT2D eigenvalue weighted by atomic mass is 9.76. The molecular formula is C16H16N2OS. The third kappa shape index (κ3) is 2.50. The van der Waals surface area contributed by atoms with Gasteiger partial charge in [0.1, 0.15) is 5.41 Å². The second-order valence-corrected chi connectivity index (χ2v) is 6.15. The molecule has 20 heavy (non-hydrogen) atoms. The van der Waals surface area contributed by atoms with Crippen LogP contribution in [-0.4, -0.2) is 10.8 Å². The maximum absolute atomic E-state index is 12.1. The molecule has 0 bridgehead atoms. The molecule has 3 nitrogen and oxygen atoms in total. The highest BCUT2D eigenvalue weighted by Crippen LogP contribution is 2.31. The number of aromatic nitrogens is 1. The molecule has 2 aromatic rings.